The number of nitriles is 1. The average molecular weight is 203 g/mol. The smallest absolute Gasteiger partial charge is 0.252 e. The summed E-state index contributed by atoms with van der Waals surface area (Å²) in [7, 11) is 0. The Labute approximate surface area is 85.9 Å². The van der Waals surface area contributed by atoms with Crippen molar-refractivity contribution in [3.05, 3.63) is 35.8 Å². The van der Waals surface area contributed by atoms with Crippen molar-refractivity contribution >= 4 is 0 Å². The zero-order chi connectivity index (χ0) is 10.7. The molecule has 2 heterocycles. The number of hydrogen-bond donors (Lipinski definition) is 1. The standard InChI is InChI=1S/C9H9N5O/c10-3-7-1-2-8(15-7)5-14-6-12-9(4-11)13-14/h1-2,6H,3,5,10H2. The molecule has 0 aliphatic heterocycles. The third-order valence-corrected chi connectivity index (χ3v) is 1.87. The van der Waals surface area contributed by atoms with Crippen LogP contribution in [0.4, 0.5) is 0 Å². The largest absolute Gasteiger partial charge is 0.463 e. The molecular weight excluding hydrogens is 194 g/mol. The second kappa shape index (κ2) is 3.94. The van der Waals surface area contributed by atoms with Gasteiger partial charge in [0.25, 0.3) is 5.82 Å². The van der Waals surface area contributed by atoms with Gasteiger partial charge >= 0.3 is 0 Å². The molecule has 6 nitrogen and oxygen atoms in total. The van der Waals surface area contributed by atoms with E-state index in [1.165, 1.54) is 11.0 Å². The zero-order valence-corrected chi connectivity index (χ0v) is 7.92. The minimum Gasteiger partial charge on any atom is -0.463 e. The van der Waals surface area contributed by atoms with Crippen LogP contribution in [0.25, 0.3) is 0 Å². The van der Waals surface area contributed by atoms with Crippen molar-refractivity contribution in [2.45, 2.75) is 13.1 Å². The van der Waals surface area contributed by atoms with Crippen LogP contribution >= 0.6 is 0 Å². The lowest BCUT2D eigenvalue weighted by Gasteiger charge is -1.95. The van der Waals surface area contributed by atoms with Gasteiger partial charge in [0.15, 0.2) is 0 Å². The van der Waals surface area contributed by atoms with E-state index < -0.39 is 0 Å². The number of nitrogens with zero attached hydrogens (tertiary/aromatic N) is 4. The Morgan fingerprint density at radius 1 is 1.47 bits per heavy atom. The molecule has 76 valence electrons. The third kappa shape index (κ3) is 2.03. The number of furan rings is 1. The van der Waals surface area contributed by atoms with E-state index in [0.29, 0.717) is 13.1 Å². The van der Waals surface area contributed by atoms with Crippen LogP contribution in [-0.2, 0) is 13.1 Å². The highest BCUT2D eigenvalue weighted by atomic mass is 16.3. The molecule has 0 saturated heterocycles. The van der Waals surface area contributed by atoms with Gasteiger partial charge in [0, 0.05) is 0 Å². The summed E-state index contributed by atoms with van der Waals surface area (Å²) in [6.07, 6.45) is 1.49. The van der Waals surface area contributed by atoms with Crippen molar-refractivity contribution in [2.75, 3.05) is 0 Å². The maximum Gasteiger partial charge on any atom is 0.252 e. The lowest BCUT2D eigenvalue weighted by molar-refractivity contribution is 0.445. The van der Waals surface area contributed by atoms with E-state index in [9.17, 15) is 0 Å². The first-order valence-corrected chi connectivity index (χ1v) is 4.39. The Morgan fingerprint density at radius 3 is 2.87 bits per heavy atom. The van der Waals surface area contributed by atoms with Gasteiger partial charge in [0.05, 0.1) is 6.54 Å². The van der Waals surface area contributed by atoms with E-state index in [0.717, 1.165) is 11.5 Å². The van der Waals surface area contributed by atoms with Crippen molar-refractivity contribution in [3.63, 3.8) is 0 Å². The highest BCUT2D eigenvalue weighted by Crippen LogP contribution is 2.08. The van der Waals surface area contributed by atoms with E-state index >= 15 is 0 Å². The molecule has 0 spiro atoms. The lowest BCUT2D eigenvalue weighted by atomic mass is 10.4. The number of hydrogen-bond acceptors (Lipinski definition) is 5. The fourth-order valence-electron chi connectivity index (χ4n) is 1.20. The summed E-state index contributed by atoms with van der Waals surface area (Å²) >= 11 is 0. The predicted octanol–water partition coefficient (Wildman–Crippen LogP) is 0.250. The highest BCUT2D eigenvalue weighted by molar-refractivity contribution is 5.08. The van der Waals surface area contributed by atoms with E-state index in [1.54, 1.807) is 0 Å². The zero-order valence-electron chi connectivity index (χ0n) is 7.92. The molecule has 0 aliphatic carbocycles. The van der Waals surface area contributed by atoms with Crippen LogP contribution in [0, 0.1) is 11.3 Å². The fourth-order valence-corrected chi connectivity index (χ4v) is 1.20. The van der Waals surface area contributed by atoms with Gasteiger partial charge in [-0.3, -0.25) is 0 Å². The molecule has 6 heteroatoms. The Hall–Kier alpha value is -2.13. The topological polar surface area (TPSA) is 93.7 Å². The van der Waals surface area contributed by atoms with Crippen LogP contribution < -0.4 is 5.73 Å². The molecule has 0 fully saturated rings. The molecule has 0 unspecified atom stereocenters. The van der Waals surface area contributed by atoms with Crippen molar-refractivity contribution in [3.8, 4) is 6.07 Å². The van der Waals surface area contributed by atoms with Gasteiger partial charge in [-0.1, -0.05) is 0 Å². The van der Waals surface area contributed by atoms with Gasteiger partial charge < -0.3 is 10.2 Å². The summed E-state index contributed by atoms with van der Waals surface area (Å²) in [5.74, 6) is 1.62. The fraction of sp³-hybridized carbons (Fsp3) is 0.222. The van der Waals surface area contributed by atoms with Gasteiger partial charge in [0.2, 0.25) is 0 Å². The van der Waals surface area contributed by atoms with Crippen molar-refractivity contribution < 1.29 is 4.42 Å². The Kier molecular flexibility index (Phi) is 2.48. The summed E-state index contributed by atoms with van der Waals surface area (Å²) in [5, 5.41) is 12.4. The van der Waals surface area contributed by atoms with E-state index in [-0.39, 0.29) is 5.82 Å². The van der Waals surface area contributed by atoms with E-state index in [4.69, 9.17) is 15.4 Å². The van der Waals surface area contributed by atoms with Gasteiger partial charge in [-0.25, -0.2) is 9.67 Å². The molecule has 0 saturated carbocycles. The van der Waals surface area contributed by atoms with Gasteiger partial charge in [-0.2, -0.15) is 5.26 Å². The first-order chi connectivity index (χ1) is 7.31. The molecule has 2 aromatic heterocycles. The summed E-state index contributed by atoms with van der Waals surface area (Å²) < 4.78 is 6.92. The van der Waals surface area contributed by atoms with E-state index in [2.05, 4.69) is 10.1 Å². The average Bonchev–Trinajstić information content (AvgIpc) is 2.87. The maximum atomic E-state index is 8.53. The van der Waals surface area contributed by atoms with Gasteiger partial charge in [-0.15, -0.1) is 5.10 Å². The monoisotopic (exact) mass is 203 g/mol. The Morgan fingerprint density at radius 2 is 2.27 bits per heavy atom. The molecule has 0 radical (unpaired) electrons. The lowest BCUT2D eigenvalue weighted by Crippen LogP contribution is -1.99. The Bertz CT molecular complexity index is 493. The molecule has 0 atom stereocenters. The third-order valence-electron chi connectivity index (χ3n) is 1.87. The SMILES string of the molecule is N#Cc1ncn(Cc2ccc(CN)o2)n1. The summed E-state index contributed by atoms with van der Waals surface area (Å²) in [6.45, 7) is 0.829. The van der Waals surface area contributed by atoms with Crippen LogP contribution in [0.5, 0.6) is 0 Å². The van der Waals surface area contributed by atoms with Crippen molar-refractivity contribution in [1.29, 1.82) is 5.26 Å². The molecule has 0 amide bonds. The summed E-state index contributed by atoms with van der Waals surface area (Å²) in [6, 6.07) is 5.50. The quantitative estimate of drug-likeness (QED) is 0.771. The predicted molar refractivity (Wildman–Crippen MR) is 50.4 cm³/mol. The van der Waals surface area contributed by atoms with Gasteiger partial charge in [-0.05, 0) is 12.1 Å². The summed E-state index contributed by atoms with van der Waals surface area (Å²) in [5.41, 5.74) is 5.41. The van der Waals surface area contributed by atoms with Crippen LogP contribution in [0.15, 0.2) is 22.9 Å². The van der Waals surface area contributed by atoms with Crippen LogP contribution in [0.3, 0.4) is 0 Å². The molecule has 2 N–H and O–H groups in total. The molecule has 2 aromatic rings. The second-order valence-electron chi connectivity index (χ2n) is 2.95. The normalized spacial score (nSPS) is 10.1. The van der Waals surface area contributed by atoms with Gasteiger partial charge in [0.1, 0.15) is 30.5 Å². The van der Waals surface area contributed by atoms with E-state index in [1.807, 2.05) is 18.2 Å². The van der Waals surface area contributed by atoms with Crippen LogP contribution in [0.2, 0.25) is 0 Å². The number of rotatable bonds is 3. The van der Waals surface area contributed by atoms with Crippen molar-refractivity contribution in [1.82, 2.24) is 14.8 Å². The minimum absolute atomic E-state index is 0.153. The summed E-state index contributed by atoms with van der Waals surface area (Å²) in [4.78, 5) is 3.78. The molecule has 2 rings (SSSR count). The maximum absolute atomic E-state index is 8.53. The highest BCUT2D eigenvalue weighted by Gasteiger charge is 2.03. The van der Waals surface area contributed by atoms with Crippen molar-refractivity contribution in [2.24, 2.45) is 5.73 Å². The van der Waals surface area contributed by atoms with Crippen LogP contribution in [0.1, 0.15) is 17.3 Å². The van der Waals surface area contributed by atoms with Crippen LogP contribution in [-0.4, -0.2) is 14.8 Å². The minimum atomic E-state index is 0.153. The molecular formula is C9H9N5O. The number of nitrogens with two attached hydrogens (primary N) is 1. The molecule has 0 aliphatic rings. The molecule has 0 aromatic carbocycles. The number of aromatic nitrogens is 3. The molecule has 0 bridgehead atoms. The Balaban J connectivity index is 2.11. The first-order valence-electron chi connectivity index (χ1n) is 4.39. The molecule has 15 heavy (non-hydrogen) atoms. The second-order valence-corrected chi connectivity index (χ2v) is 2.95. The first kappa shape index (κ1) is 9.43.